The maximum atomic E-state index is 4.51. The fourth-order valence-electron chi connectivity index (χ4n) is 2.33. The SMILES string of the molecule is Cn1cc(-c2cc3[nH]c4ncccc4c3cn2)cn1. The Morgan fingerprint density at radius 3 is 2.95 bits per heavy atom. The van der Waals surface area contributed by atoms with Gasteiger partial charge in [0.05, 0.1) is 17.4 Å². The van der Waals surface area contributed by atoms with Gasteiger partial charge in [0.25, 0.3) is 0 Å². The Hall–Kier alpha value is -2.69. The van der Waals surface area contributed by atoms with E-state index in [1.807, 2.05) is 43.8 Å². The fraction of sp³-hybridized carbons (Fsp3) is 0.0714. The summed E-state index contributed by atoms with van der Waals surface area (Å²) in [5, 5.41) is 6.36. The molecule has 19 heavy (non-hydrogen) atoms. The van der Waals surface area contributed by atoms with Crippen LogP contribution in [0.5, 0.6) is 0 Å². The van der Waals surface area contributed by atoms with E-state index in [2.05, 4.69) is 20.1 Å². The second-order valence-electron chi connectivity index (χ2n) is 4.54. The summed E-state index contributed by atoms with van der Waals surface area (Å²) in [6.45, 7) is 0. The van der Waals surface area contributed by atoms with E-state index in [9.17, 15) is 0 Å². The summed E-state index contributed by atoms with van der Waals surface area (Å²) >= 11 is 0. The number of aromatic amines is 1. The highest BCUT2D eigenvalue weighted by atomic mass is 15.2. The van der Waals surface area contributed by atoms with E-state index in [1.54, 1.807) is 10.9 Å². The molecule has 0 aromatic carbocycles. The van der Waals surface area contributed by atoms with Crippen LogP contribution in [0.25, 0.3) is 33.2 Å². The fourth-order valence-corrected chi connectivity index (χ4v) is 2.33. The van der Waals surface area contributed by atoms with Crippen molar-refractivity contribution in [3.8, 4) is 11.3 Å². The minimum atomic E-state index is 0.891. The smallest absolute Gasteiger partial charge is 0.138 e. The number of hydrogen-bond acceptors (Lipinski definition) is 3. The van der Waals surface area contributed by atoms with Gasteiger partial charge in [-0.3, -0.25) is 9.67 Å². The number of aryl methyl sites for hydroxylation is 1. The molecule has 1 N–H and O–H groups in total. The molecule has 0 atom stereocenters. The van der Waals surface area contributed by atoms with Crippen molar-refractivity contribution in [2.75, 3.05) is 0 Å². The van der Waals surface area contributed by atoms with Gasteiger partial charge in [0.2, 0.25) is 0 Å². The van der Waals surface area contributed by atoms with Gasteiger partial charge in [0, 0.05) is 42.0 Å². The van der Waals surface area contributed by atoms with Crippen LogP contribution in [-0.4, -0.2) is 24.7 Å². The summed E-state index contributed by atoms with van der Waals surface area (Å²) in [5.41, 5.74) is 3.85. The normalized spacial score (nSPS) is 11.4. The summed E-state index contributed by atoms with van der Waals surface area (Å²) < 4.78 is 1.77. The lowest BCUT2D eigenvalue weighted by Crippen LogP contribution is -1.84. The van der Waals surface area contributed by atoms with Gasteiger partial charge in [-0.15, -0.1) is 0 Å². The Bertz CT molecular complexity index is 887. The largest absolute Gasteiger partial charge is 0.339 e. The first-order valence-electron chi connectivity index (χ1n) is 6.03. The second kappa shape index (κ2) is 3.65. The molecule has 0 radical (unpaired) electrons. The van der Waals surface area contributed by atoms with E-state index in [1.165, 1.54) is 0 Å². The third-order valence-electron chi connectivity index (χ3n) is 3.26. The molecule has 5 nitrogen and oxygen atoms in total. The number of nitrogens with one attached hydrogen (secondary N) is 1. The predicted octanol–water partition coefficient (Wildman–Crippen LogP) is 2.51. The molecule has 0 amide bonds. The monoisotopic (exact) mass is 249 g/mol. The van der Waals surface area contributed by atoms with Gasteiger partial charge in [-0.1, -0.05) is 0 Å². The number of fused-ring (bicyclic) bond motifs is 3. The van der Waals surface area contributed by atoms with Crippen LogP contribution in [0.1, 0.15) is 0 Å². The molecule has 4 rings (SSSR count). The molecule has 0 aliphatic carbocycles. The summed E-state index contributed by atoms with van der Waals surface area (Å²) in [5.74, 6) is 0. The summed E-state index contributed by atoms with van der Waals surface area (Å²) in [6, 6.07) is 6.02. The van der Waals surface area contributed by atoms with Gasteiger partial charge >= 0.3 is 0 Å². The van der Waals surface area contributed by atoms with Crippen molar-refractivity contribution in [2.24, 2.45) is 7.05 Å². The van der Waals surface area contributed by atoms with Crippen molar-refractivity contribution in [3.63, 3.8) is 0 Å². The topological polar surface area (TPSA) is 59.4 Å². The number of nitrogens with zero attached hydrogens (tertiary/aromatic N) is 4. The van der Waals surface area contributed by atoms with E-state index in [0.29, 0.717) is 0 Å². The Morgan fingerprint density at radius 2 is 2.11 bits per heavy atom. The van der Waals surface area contributed by atoms with Crippen LogP contribution in [0.3, 0.4) is 0 Å². The molecular formula is C14H11N5. The highest BCUT2D eigenvalue weighted by Gasteiger charge is 2.08. The van der Waals surface area contributed by atoms with Crippen molar-refractivity contribution >= 4 is 21.9 Å². The first kappa shape index (κ1) is 10.3. The van der Waals surface area contributed by atoms with Crippen LogP contribution in [0.15, 0.2) is 43.0 Å². The van der Waals surface area contributed by atoms with Crippen LogP contribution in [0, 0.1) is 0 Å². The van der Waals surface area contributed by atoms with Crippen LogP contribution in [-0.2, 0) is 7.05 Å². The van der Waals surface area contributed by atoms with Crippen molar-refractivity contribution in [2.45, 2.75) is 0 Å². The summed E-state index contributed by atoms with van der Waals surface area (Å²) in [6.07, 6.45) is 7.44. The molecule has 0 unspecified atom stereocenters. The van der Waals surface area contributed by atoms with E-state index < -0.39 is 0 Å². The molecule has 4 heterocycles. The third-order valence-corrected chi connectivity index (χ3v) is 3.26. The molecule has 4 aromatic heterocycles. The number of rotatable bonds is 1. The first-order valence-corrected chi connectivity index (χ1v) is 6.03. The summed E-state index contributed by atoms with van der Waals surface area (Å²) in [4.78, 5) is 12.2. The van der Waals surface area contributed by atoms with Crippen LogP contribution >= 0.6 is 0 Å². The average Bonchev–Trinajstić information content (AvgIpc) is 3.01. The van der Waals surface area contributed by atoms with Crippen molar-refractivity contribution in [1.82, 2.24) is 24.7 Å². The lowest BCUT2D eigenvalue weighted by atomic mass is 10.2. The Kier molecular flexibility index (Phi) is 1.97. The Labute approximate surface area is 108 Å². The molecule has 5 heteroatoms. The second-order valence-corrected chi connectivity index (χ2v) is 4.54. The van der Waals surface area contributed by atoms with Crippen LogP contribution < -0.4 is 0 Å². The zero-order valence-electron chi connectivity index (χ0n) is 10.3. The van der Waals surface area contributed by atoms with E-state index in [-0.39, 0.29) is 0 Å². The molecule has 0 saturated carbocycles. The third kappa shape index (κ3) is 1.52. The Balaban J connectivity index is 1.99. The van der Waals surface area contributed by atoms with Crippen molar-refractivity contribution < 1.29 is 0 Å². The minimum absolute atomic E-state index is 0.891. The molecule has 92 valence electrons. The molecule has 0 fully saturated rings. The molecular weight excluding hydrogens is 238 g/mol. The van der Waals surface area contributed by atoms with Crippen molar-refractivity contribution in [3.05, 3.63) is 43.0 Å². The standard InChI is InChI=1S/C14H11N5/c1-19-8-9(6-17-19)12-5-13-11(7-16-12)10-3-2-4-15-14(10)18-13/h2-8H,1H3,(H,15,18). The zero-order valence-corrected chi connectivity index (χ0v) is 10.3. The van der Waals surface area contributed by atoms with Gasteiger partial charge in [-0.25, -0.2) is 4.98 Å². The van der Waals surface area contributed by atoms with Gasteiger partial charge in [0.15, 0.2) is 0 Å². The first-order chi connectivity index (χ1) is 9.31. The number of pyridine rings is 2. The van der Waals surface area contributed by atoms with Crippen LogP contribution in [0.4, 0.5) is 0 Å². The van der Waals surface area contributed by atoms with Crippen LogP contribution in [0.2, 0.25) is 0 Å². The molecule has 0 spiro atoms. The number of H-pyrrole nitrogens is 1. The molecule has 0 saturated heterocycles. The maximum absolute atomic E-state index is 4.51. The lowest BCUT2D eigenvalue weighted by Gasteiger charge is -1.96. The predicted molar refractivity (Wildman–Crippen MR) is 73.6 cm³/mol. The highest BCUT2D eigenvalue weighted by molar-refractivity contribution is 6.05. The van der Waals surface area contributed by atoms with E-state index >= 15 is 0 Å². The van der Waals surface area contributed by atoms with Gasteiger partial charge in [0.1, 0.15) is 5.65 Å². The number of hydrogen-bond donors (Lipinski definition) is 1. The maximum Gasteiger partial charge on any atom is 0.138 e. The van der Waals surface area contributed by atoms with Gasteiger partial charge in [-0.05, 0) is 18.2 Å². The van der Waals surface area contributed by atoms with E-state index in [4.69, 9.17) is 0 Å². The van der Waals surface area contributed by atoms with E-state index in [0.717, 1.165) is 33.2 Å². The molecule has 0 aliphatic heterocycles. The molecule has 0 aliphatic rings. The lowest BCUT2D eigenvalue weighted by molar-refractivity contribution is 0.768. The highest BCUT2D eigenvalue weighted by Crippen LogP contribution is 2.26. The average molecular weight is 249 g/mol. The Morgan fingerprint density at radius 1 is 1.16 bits per heavy atom. The van der Waals surface area contributed by atoms with Crippen molar-refractivity contribution in [1.29, 1.82) is 0 Å². The minimum Gasteiger partial charge on any atom is -0.339 e. The van der Waals surface area contributed by atoms with Gasteiger partial charge < -0.3 is 4.98 Å². The number of aromatic nitrogens is 5. The van der Waals surface area contributed by atoms with Gasteiger partial charge in [-0.2, -0.15) is 5.10 Å². The zero-order chi connectivity index (χ0) is 12.8. The molecule has 4 aromatic rings. The molecule has 0 bridgehead atoms. The summed E-state index contributed by atoms with van der Waals surface area (Å²) in [7, 11) is 1.90. The quantitative estimate of drug-likeness (QED) is 0.564.